The van der Waals surface area contributed by atoms with Crippen LogP contribution in [0.25, 0.3) is 21.8 Å². The van der Waals surface area contributed by atoms with Crippen LogP contribution in [0.15, 0.2) is 73.2 Å². The maximum absolute atomic E-state index is 12.4. The van der Waals surface area contributed by atoms with Gasteiger partial charge in [0, 0.05) is 18.0 Å². The number of hydrogen-bond acceptors (Lipinski definition) is 6. The van der Waals surface area contributed by atoms with E-state index in [2.05, 4.69) is 30.8 Å². The van der Waals surface area contributed by atoms with Crippen LogP contribution in [0.5, 0.6) is 0 Å². The van der Waals surface area contributed by atoms with Crippen molar-refractivity contribution in [3.05, 3.63) is 73.2 Å². The van der Waals surface area contributed by atoms with E-state index >= 15 is 0 Å². The van der Waals surface area contributed by atoms with Gasteiger partial charge >= 0.3 is 6.03 Å². The number of carbonyl (C=O) groups is 1. The Morgan fingerprint density at radius 1 is 0.889 bits per heavy atom. The molecule has 0 aliphatic carbocycles. The Labute approximate surface area is 159 Å². The van der Waals surface area contributed by atoms with E-state index in [-0.39, 0.29) is 0 Å². The topological polar surface area (TPSA) is 92.7 Å². The minimum Gasteiger partial charge on any atom is -0.306 e. The molecule has 2 N–H and O–H groups in total. The molecule has 132 valence electrons. The molecule has 8 heteroatoms. The van der Waals surface area contributed by atoms with E-state index in [1.165, 1.54) is 11.3 Å². The lowest BCUT2D eigenvalue weighted by Gasteiger charge is -2.10. The lowest BCUT2D eigenvalue weighted by atomic mass is 10.1. The van der Waals surface area contributed by atoms with Gasteiger partial charge in [0.1, 0.15) is 5.69 Å². The number of rotatable bonds is 4. The number of nitrogens with one attached hydrogen (secondary N) is 2. The quantitative estimate of drug-likeness (QED) is 0.555. The third-order valence-corrected chi connectivity index (χ3v) is 4.54. The SMILES string of the molecule is O=C(Nc1nnc(-c2ccccn2)s1)Nc1cnccc1-c1ccccc1. The molecule has 0 unspecified atom stereocenters. The Bertz CT molecular complexity index is 1050. The third kappa shape index (κ3) is 3.96. The zero-order valence-corrected chi connectivity index (χ0v) is 14.9. The number of aromatic nitrogens is 4. The molecule has 0 aliphatic rings. The van der Waals surface area contributed by atoms with Crippen molar-refractivity contribution in [3.63, 3.8) is 0 Å². The van der Waals surface area contributed by atoms with E-state index < -0.39 is 6.03 Å². The number of hydrogen-bond donors (Lipinski definition) is 2. The fourth-order valence-electron chi connectivity index (χ4n) is 2.48. The van der Waals surface area contributed by atoms with Crippen molar-refractivity contribution < 1.29 is 4.79 Å². The van der Waals surface area contributed by atoms with Crippen molar-refractivity contribution in [2.24, 2.45) is 0 Å². The molecule has 0 atom stereocenters. The number of pyridine rings is 2. The zero-order valence-electron chi connectivity index (χ0n) is 14.0. The summed E-state index contributed by atoms with van der Waals surface area (Å²) in [4.78, 5) is 20.7. The van der Waals surface area contributed by atoms with Gasteiger partial charge in [0.15, 0.2) is 5.01 Å². The van der Waals surface area contributed by atoms with Crippen molar-refractivity contribution >= 4 is 28.2 Å². The minimum atomic E-state index is -0.413. The molecule has 0 saturated carbocycles. The van der Waals surface area contributed by atoms with Gasteiger partial charge < -0.3 is 5.32 Å². The highest BCUT2D eigenvalue weighted by Crippen LogP contribution is 2.27. The van der Waals surface area contributed by atoms with E-state index in [1.54, 1.807) is 18.6 Å². The average molecular weight is 374 g/mol. The summed E-state index contributed by atoms with van der Waals surface area (Å²) in [5, 5.41) is 14.6. The fraction of sp³-hybridized carbons (Fsp3) is 0. The first kappa shape index (κ1) is 16.8. The smallest absolute Gasteiger partial charge is 0.306 e. The van der Waals surface area contributed by atoms with Gasteiger partial charge in [0.25, 0.3) is 0 Å². The fourth-order valence-corrected chi connectivity index (χ4v) is 3.20. The molecule has 0 spiro atoms. The van der Waals surface area contributed by atoms with E-state index in [4.69, 9.17) is 0 Å². The monoisotopic (exact) mass is 374 g/mol. The molecule has 3 heterocycles. The number of anilines is 2. The summed E-state index contributed by atoms with van der Waals surface area (Å²) in [6, 6.07) is 16.8. The Hall–Kier alpha value is -3.65. The summed E-state index contributed by atoms with van der Waals surface area (Å²) in [5.74, 6) is 0. The first-order valence-electron chi connectivity index (χ1n) is 8.12. The molecule has 0 saturated heterocycles. The van der Waals surface area contributed by atoms with Crippen LogP contribution in [0.1, 0.15) is 0 Å². The average Bonchev–Trinajstić information content (AvgIpc) is 3.18. The van der Waals surface area contributed by atoms with Gasteiger partial charge in [-0.1, -0.05) is 47.7 Å². The maximum Gasteiger partial charge on any atom is 0.325 e. The zero-order chi connectivity index (χ0) is 18.5. The normalized spacial score (nSPS) is 10.4. The maximum atomic E-state index is 12.4. The third-order valence-electron chi connectivity index (χ3n) is 3.68. The second-order valence-corrected chi connectivity index (χ2v) is 6.47. The van der Waals surface area contributed by atoms with E-state index in [0.29, 0.717) is 21.5 Å². The van der Waals surface area contributed by atoms with Crippen LogP contribution in [-0.4, -0.2) is 26.2 Å². The molecular weight excluding hydrogens is 360 g/mol. The highest BCUT2D eigenvalue weighted by Gasteiger charge is 2.12. The predicted molar refractivity (Wildman–Crippen MR) is 105 cm³/mol. The van der Waals surface area contributed by atoms with Gasteiger partial charge in [0.05, 0.1) is 11.9 Å². The number of nitrogens with zero attached hydrogens (tertiary/aromatic N) is 4. The Morgan fingerprint density at radius 3 is 2.56 bits per heavy atom. The van der Waals surface area contributed by atoms with Gasteiger partial charge in [-0.25, -0.2) is 4.79 Å². The van der Waals surface area contributed by atoms with Crippen LogP contribution >= 0.6 is 11.3 Å². The number of urea groups is 1. The lowest BCUT2D eigenvalue weighted by Crippen LogP contribution is -2.19. The van der Waals surface area contributed by atoms with E-state index in [1.807, 2.05) is 54.6 Å². The van der Waals surface area contributed by atoms with E-state index in [9.17, 15) is 4.79 Å². The molecule has 1 aromatic carbocycles. The van der Waals surface area contributed by atoms with Crippen LogP contribution in [0, 0.1) is 0 Å². The highest BCUT2D eigenvalue weighted by atomic mass is 32.1. The van der Waals surface area contributed by atoms with Gasteiger partial charge in [-0.2, -0.15) is 0 Å². The summed E-state index contributed by atoms with van der Waals surface area (Å²) in [7, 11) is 0. The van der Waals surface area contributed by atoms with Gasteiger partial charge in [-0.05, 0) is 23.8 Å². The first-order chi connectivity index (χ1) is 13.3. The van der Waals surface area contributed by atoms with Crippen LogP contribution < -0.4 is 10.6 Å². The second-order valence-electron chi connectivity index (χ2n) is 5.49. The first-order valence-corrected chi connectivity index (χ1v) is 8.93. The summed E-state index contributed by atoms with van der Waals surface area (Å²) in [5.41, 5.74) is 3.19. The van der Waals surface area contributed by atoms with Gasteiger partial charge in [-0.15, -0.1) is 10.2 Å². The predicted octanol–water partition coefficient (Wildman–Crippen LogP) is 4.31. The van der Waals surface area contributed by atoms with Gasteiger partial charge in [0.2, 0.25) is 5.13 Å². The molecule has 4 rings (SSSR count). The van der Waals surface area contributed by atoms with Crippen LogP contribution in [-0.2, 0) is 0 Å². The lowest BCUT2D eigenvalue weighted by molar-refractivity contribution is 0.262. The Balaban J connectivity index is 1.49. The molecule has 3 aromatic heterocycles. The molecule has 27 heavy (non-hydrogen) atoms. The highest BCUT2D eigenvalue weighted by molar-refractivity contribution is 7.18. The van der Waals surface area contributed by atoms with Crippen molar-refractivity contribution in [2.45, 2.75) is 0 Å². The van der Waals surface area contributed by atoms with Crippen molar-refractivity contribution in [2.75, 3.05) is 10.6 Å². The Morgan fingerprint density at radius 2 is 1.74 bits per heavy atom. The van der Waals surface area contributed by atoms with Crippen molar-refractivity contribution in [3.8, 4) is 21.8 Å². The summed E-state index contributed by atoms with van der Waals surface area (Å²) < 4.78 is 0. The number of amides is 2. The van der Waals surface area contributed by atoms with E-state index in [0.717, 1.165) is 11.1 Å². The van der Waals surface area contributed by atoms with Crippen LogP contribution in [0.4, 0.5) is 15.6 Å². The van der Waals surface area contributed by atoms with Crippen LogP contribution in [0.3, 0.4) is 0 Å². The standard InChI is InChI=1S/C19H14N6OS/c26-18(23-19-25-24-17(27-19)15-8-4-5-10-21-15)22-16-12-20-11-9-14(16)13-6-2-1-3-7-13/h1-12H,(H2,22,23,25,26). The summed E-state index contributed by atoms with van der Waals surface area (Å²) in [6.45, 7) is 0. The molecular formula is C19H14N6OS. The summed E-state index contributed by atoms with van der Waals surface area (Å²) >= 11 is 1.25. The second kappa shape index (κ2) is 7.71. The van der Waals surface area contributed by atoms with Crippen LogP contribution in [0.2, 0.25) is 0 Å². The Kier molecular flexibility index (Phi) is 4.80. The molecule has 4 aromatic rings. The summed E-state index contributed by atoms with van der Waals surface area (Å²) in [6.07, 6.45) is 4.99. The van der Waals surface area contributed by atoms with Gasteiger partial charge in [-0.3, -0.25) is 15.3 Å². The van der Waals surface area contributed by atoms with Crippen molar-refractivity contribution in [1.29, 1.82) is 0 Å². The molecule has 2 amide bonds. The largest absolute Gasteiger partial charge is 0.325 e. The minimum absolute atomic E-state index is 0.387. The molecule has 0 fully saturated rings. The molecule has 0 radical (unpaired) electrons. The number of carbonyl (C=O) groups excluding carboxylic acids is 1. The molecule has 0 bridgehead atoms. The molecule has 7 nitrogen and oxygen atoms in total. The molecule has 0 aliphatic heterocycles. The van der Waals surface area contributed by atoms with Crippen molar-refractivity contribution in [1.82, 2.24) is 20.2 Å². The number of benzene rings is 1.